The number of hydrogen-bond acceptors (Lipinski definition) is 4. The molecule has 1 aliphatic carbocycles. The molecule has 2 N–H and O–H groups in total. The summed E-state index contributed by atoms with van der Waals surface area (Å²) in [6.45, 7) is 3.28. The van der Waals surface area contributed by atoms with Crippen LogP contribution >= 0.6 is 0 Å². The highest BCUT2D eigenvalue weighted by Gasteiger charge is 2.38. The van der Waals surface area contributed by atoms with E-state index >= 15 is 0 Å². The molecule has 0 radical (unpaired) electrons. The SMILES string of the molecule is CCOC(=O)c1ccc(N)c(N2CC3CCC2C3)c1. The van der Waals surface area contributed by atoms with Crippen molar-refractivity contribution in [3.05, 3.63) is 23.8 Å². The summed E-state index contributed by atoms with van der Waals surface area (Å²) in [5, 5.41) is 0. The molecule has 1 heterocycles. The Morgan fingerprint density at radius 1 is 1.47 bits per heavy atom. The molecule has 2 fully saturated rings. The minimum atomic E-state index is -0.270. The number of ether oxygens (including phenoxy) is 1. The maximum Gasteiger partial charge on any atom is 0.338 e. The fourth-order valence-corrected chi connectivity index (χ4v) is 3.35. The van der Waals surface area contributed by atoms with Gasteiger partial charge in [-0.2, -0.15) is 0 Å². The van der Waals surface area contributed by atoms with Crippen molar-refractivity contribution in [2.24, 2.45) is 5.92 Å². The summed E-state index contributed by atoms with van der Waals surface area (Å²) in [7, 11) is 0. The first-order valence-electron chi connectivity index (χ1n) is 7.02. The third-order valence-electron chi connectivity index (χ3n) is 4.26. The molecule has 3 rings (SSSR count). The third-order valence-corrected chi connectivity index (χ3v) is 4.26. The van der Waals surface area contributed by atoms with Gasteiger partial charge in [0, 0.05) is 12.6 Å². The third kappa shape index (κ3) is 2.15. The number of benzene rings is 1. The summed E-state index contributed by atoms with van der Waals surface area (Å²) in [5.41, 5.74) is 8.42. The number of fused-ring (bicyclic) bond motifs is 2. The number of nitrogens with two attached hydrogens (primary N) is 1. The lowest BCUT2D eigenvalue weighted by molar-refractivity contribution is 0.0526. The van der Waals surface area contributed by atoms with Gasteiger partial charge in [0.1, 0.15) is 0 Å². The van der Waals surface area contributed by atoms with Gasteiger partial charge in [0.2, 0.25) is 0 Å². The summed E-state index contributed by atoms with van der Waals surface area (Å²) < 4.78 is 5.05. The van der Waals surface area contributed by atoms with Crippen LogP contribution in [-0.2, 0) is 4.74 Å². The van der Waals surface area contributed by atoms with Crippen molar-refractivity contribution in [3.63, 3.8) is 0 Å². The minimum Gasteiger partial charge on any atom is -0.462 e. The van der Waals surface area contributed by atoms with Crippen LogP contribution in [-0.4, -0.2) is 25.2 Å². The van der Waals surface area contributed by atoms with Crippen LogP contribution in [0.4, 0.5) is 11.4 Å². The molecule has 1 aromatic rings. The van der Waals surface area contributed by atoms with E-state index in [1.807, 2.05) is 19.1 Å². The molecule has 2 unspecified atom stereocenters. The number of nitrogens with zero attached hydrogens (tertiary/aromatic N) is 1. The van der Waals surface area contributed by atoms with Crippen LogP contribution in [0.2, 0.25) is 0 Å². The van der Waals surface area contributed by atoms with Gasteiger partial charge in [-0.05, 0) is 50.3 Å². The van der Waals surface area contributed by atoms with Crippen LogP contribution < -0.4 is 10.6 Å². The molecule has 2 atom stereocenters. The number of hydrogen-bond donors (Lipinski definition) is 1. The van der Waals surface area contributed by atoms with Crippen LogP contribution in [0.15, 0.2) is 18.2 Å². The molecular weight excluding hydrogens is 240 g/mol. The molecule has 1 aliphatic heterocycles. The standard InChI is InChI=1S/C15H20N2O2/c1-2-19-15(18)11-4-6-13(16)14(8-11)17-9-10-3-5-12(17)7-10/h4,6,8,10,12H,2-3,5,7,9,16H2,1H3. The lowest BCUT2D eigenvalue weighted by atomic mass is 10.1. The lowest BCUT2D eigenvalue weighted by Crippen LogP contribution is -2.32. The van der Waals surface area contributed by atoms with Crippen molar-refractivity contribution in [1.82, 2.24) is 0 Å². The van der Waals surface area contributed by atoms with E-state index in [0.29, 0.717) is 18.2 Å². The van der Waals surface area contributed by atoms with Crippen LogP contribution in [0.3, 0.4) is 0 Å². The van der Waals surface area contributed by atoms with Gasteiger partial charge in [-0.25, -0.2) is 4.79 Å². The Kier molecular flexibility index (Phi) is 3.09. The van der Waals surface area contributed by atoms with Gasteiger partial charge in [-0.1, -0.05) is 0 Å². The Bertz CT molecular complexity index is 501. The molecule has 4 heteroatoms. The van der Waals surface area contributed by atoms with E-state index < -0.39 is 0 Å². The second-order valence-electron chi connectivity index (χ2n) is 5.48. The van der Waals surface area contributed by atoms with Crippen molar-refractivity contribution in [3.8, 4) is 0 Å². The van der Waals surface area contributed by atoms with Crippen molar-refractivity contribution < 1.29 is 9.53 Å². The number of piperidine rings is 1. The zero-order chi connectivity index (χ0) is 13.4. The molecule has 2 bridgehead atoms. The number of carbonyl (C=O) groups excluding carboxylic acids is 1. The van der Waals surface area contributed by atoms with E-state index in [1.54, 1.807) is 6.07 Å². The highest BCUT2D eigenvalue weighted by Crippen LogP contribution is 2.42. The van der Waals surface area contributed by atoms with E-state index in [9.17, 15) is 4.79 Å². The van der Waals surface area contributed by atoms with Crippen LogP contribution in [0.1, 0.15) is 36.5 Å². The van der Waals surface area contributed by atoms with E-state index in [0.717, 1.165) is 23.8 Å². The molecule has 0 spiro atoms. The normalized spacial score (nSPS) is 24.8. The summed E-state index contributed by atoms with van der Waals surface area (Å²) >= 11 is 0. The van der Waals surface area contributed by atoms with E-state index in [1.165, 1.54) is 19.3 Å². The molecule has 1 aromatic carbocycles. The molecule has 102 valence electrons. The Morgan fingerprint density at radius 3 is 2.95 bits per heavy atom. The smallest absolute Gasteiger partial charge is 0.338 e. The van der Waals surface area contributed by atoms with E-state index in [4.69, 9.17) is 10.5 Å². The van der Waals surface area contributed by atoms with Crippen LogP contribution in [0, 0.1) is 5.92 Å². The number of esters is 1. The number of carbonyl (C=O) groups is 1. The highest BCUT2D eigenvalue weighted by atomic mass is 16.5. The Balaban J connectivity index is 1.88. The van der Waals surface area contributed by atoms with Gasteiger partial charge in [-0.3, -0.25) is 0 Å². The zero-order valence-electron chi connectivity index (χ0n) is 11.3. The molecule has 1 saturated carbocycles. The van der Waals surface area contributed by atoms with Gasteiger partial charge in [0.05, 0.1) is 23.5 Å². The summed E-state index contributed by atoms with van der Waals surface area (Å²) in [6.07, 6.45) is 3.84. The maximum atomic E-state index is 11.8. The first-order valence-corrected chi connectivity index (χ1v) is 7.02. The van der Waals surface area contributed by atoms with Crippen LogP contribution in [0.5, 0.6) is 0 Å². The van der Waals surface area contributed by atoms with Crippen molar-refractivity contribution >= 4 is 17.3 Å². The molecule has 19 heavy (non-hydrogen) atoms. The van der Waals surface area contributed by atoms with Gasteiger partial charge in [0.25, 0.3) is 0 Å². The predicted molar refractivity (Wildman–Crippen MR) is 75.3 cm³/mol. The molecular formula is C15H20N2O2. The molecule has 1 saturated heterocycles. The first kappa shape index (κ1) is 12.3. The summed E-state index contributed by atoms with van der Waals surface area (Å²) in [5.74, 6) is 0.531. The van der Waals surface area contributed by atoms with Gasteiger partial charge in [-0.15, -0.1) is 0 Å². The molecule has 0 amide bonds. The number of nitrogen functional groups attached to an aromatic ring is 1. The topological polar surface area (TPSA) is 55.6 Å². The highest BCUT2D eigenvalue weighted by molar-refractivity contribution is 5.92. The molecule has 4 nitrogen and oxygen atoms in total. The van der Waals surface area contributed by atoms with E-state index in [2.05, 4.69) is 4.90 Å². The zero-order valence-corrected chi connectivity index (χ0v) is 11.3. The number of rotatable bonds is 3. The maximum absolute atomic E-state index is 11.8. The van der Waals surface area contributed by atoms with Crippen molar-refractivity contribution in [1.29, 1.82) is 0 Å². The lowest BCUT2D eigenvalue weighted by Gasteiger charge is -2.30. The molecule has 2 aliphatic rings. The Labute approximate surface area is 113 Å². The minimum absolute atomic E-state index is 0.270. The van der Waals surface area contributed by atoms with Gasteiger partial charge < -0.3 is 15.4 Å². The second-order valence-corrected chi connectivity index (χ2v) is 5.48. The summed E-state index contributed by atoms with van der Waals surface area (Å²) in [4.78, 5) is 14.2. The Hall–Kier alpha value is -1.71. The largest absolute Gasteiger partial charge is 0.462 e. The fraction of sp³-hybridized carbons (Fsp3) is 0.533. The predicted octanol–water partition coefficient (Wildman–Crippen LogP) is 2.43. The second kappa shape index (κ2) is 4.76. The van der Waals surface area contributed by atoms with Gasteiger partial charge >= 0.3 is 5.97 Å². The van der Waals surface area contributed by atoms with E-state index in [-0.39, 0.29) is 5.97 Å². The molecule has 0 aromatic heterocycles. The van der Waals surface area contributed by atoms with Crippen molar-refractivity contribution in [2.45, 2.75) is 32.2 Å². The fourth-order valence-electron chi connectivity index (χ4n) is 3.35. The van der Waals surface area contributed by atoms with Crippen LogP contribution in [0.25, 0.3) is 0 Å². The monoisotopic (exact) mass is 260 g/mol. The average Bonchev–Trinajstić information content (AvgIpc) is 3.01. The average molecular weight is 260 g/mol. The van der Waals surface area contributed by atoms with Gasteiger partial charge in [0.15, 0.2) is 0 Å². The first-order chi connectivity index (χ1) is 9.19. The number of anilines is 2. The summed E-state index contributed by atoms with van der Waals surface area (Å²) in [6, 6.07) is 6.04. The van der Waals surface area contributed by atoms with Crippen molar-refractivity contribution in [2.75, 3.05) is 23.8 Å². The quantitative estimate of drug-likeness (QED) is 0.670. The Morgan fingerprint density at radius 2 is 2.32 bits per heavy atom.